The Hall–Kier alpha value is -1.78. The second kappa shape index (κ2) is 4.48. The van der Waals surface area contributed by atoms with Gasteiger partial charge in [-0.3, -0.25) is 0 Å². The summed E-state index contributed by atoms with van der Waals surface area (Å²) in [6.07, 6.45) is -1.50. The number of aliphatic carboxylic acids is 1. The van der Waals surface area contributed by atoms with Crippen molar-refractivity contribution in [3.63, 3.8) is 0 Å². The average molecular weight is 256 g/mol. The second-order valence-electron chi connectivity index (χ2n) is 4.29. The second-order valence-corrected chi connectivity index (χ2v) is 4.29. The molecule has 0 spiro atoms. The molecule has 1 aromatic rings. The maximum absolute atomic E-state index is 12.4. The van der Waals surface area contributed by atoms with Gasteiger partial charge in [0.2, 0.25) is 0 Å². The molecule has 0 bridgehead atoms. The van der Waals surface area contributed by atoms with Gasteiger partial charge in [0.1, 0.15) is 0 Å². The van der Waals surface area contributed by atoms with E-state index in [2.05, 4.69) is 0 Å². The molecule has 1 fully saturated rings. The quantitative estimate of drug-likeness (QED) is 0.839. The first-order valence-corrected chi connectivity index (χ1v) is 5.50. The smallest absolute Gasteiger partial charge is 0.416 e. The molecule has 1 aliphatic carbocycles. The maximum Gasteiger partial charge on any atom is 0.416 e. The van der Waals surface area contributed by atoms with Crippen LogP contribution in [0.15, 0.2) is 30.3 Å². The van der Waals surface area contributed by atoms with Gasteiger partial charge in [0.05, 0.1) is 5.56 Å². The number of alkyl halides is 3. The lowest BCUT2D eigenvalue weighted by Crippen LogP contribution is -2.04. The van der Waals surface area contributed by atoms with Gasteiger partial charge in [-0.25, -0.2) is 4.79 Å². The van der Waals surface area contributed by atoms with Crippen LogP contribution in [-0.4, -0.2) is 11.1 Å². The van der Waals surface area contributed by atoms with Crippen molar-refractivity contribution in [2.24, 2.45) is 5.92 Å². The minimum atomic E-state index is -4.37. The van der Waals surface area contributed by atoms with E-state index in [4.69, 9.17) is 5.11 Å². The molecule has 0 aromatic heterocycles. The number of rotatable bonds is 3. The number of carboxylic acid groups (broad SMARTS) is 1. The third-order valence-electron chi connectivity index (χ3n) is 2.84. The van der Waals surface area contributed by atoms with Gasteiger partial charge in [0.15, 0.2) is 0 Å². The van der Waals surface area contributed by atoms with E-state index < -0.39 is 17.7 Å². The van der Waals surface area contributed by atoms with Crippen LogP contribution in [0.5, 0.6) is 0 Å². The van der Waals surface area contributed by atoms with Crippen molar-refractivity contribution in [2.75, 3.05) is 0 Å². The van der Waals surface area contributed by atoms with E-state index in [1.165, 1.54) is 12.1 Å². The molecule has 1 aliphatic rings. The van der Waals surface area contributed by atoms with E-state index in [-0.39, 0.29) is 5.92 Å². The van der Waals surface area contributed by atoms with Crippen LogP contribution in [0.4, 0.5) is 13.2 Å². The zero-order valence-electron chi connectivity index (χ0n) is 9.37. The maximum atomic E-state index is 12.4. The van der Waals surface area contributed by atoms with Gasteiger partial charge in [0, 0.05) is 6.08 Å². The number of halogens is 3. The topological polar surface area (TPSA) is 37.3 Å². The van der Waals surface area contributed by atoms with Crippen molar-refractivity contribution < 1.29 is 23.1 Å². The normalized spacial score (nSPS) is 16.7. The minimum absolute atomic E-state index is 0.165. The molecule has 0 heterocycles. The molecule has 18 heavy (non-hydrogen) atoms. The predicted octanol–water partition coefficient (Wildman–Crippen LogP) is 3.58. The van der Waals surface area contributed by atoms with Crippen molar-refractivity contribution in [3.05, 3.63) is 41.5 Å². The highest BCUT2D eigenvalue weighted by atomic mass is 19.4. The SMILES string of the molecule is O=C(O)/C=C(/c1ccc(C(F)(F)F)cc1)C1CC1. The summed E-state index contributed by atoms with van der Waals surface area (Å²) in [6.45, 7) is 0. The van der Waals surface area contributed by atoms with Crippen LogP contribution in [0.1, 0.15) is 24.0 Å². The highest BCUT2D eigenvalue weighted by Gasteiger charge is 2.31. The molecule has 1 saturated carbocycles. The average Bonchev–Trinajstić information content (AvgIpc) is 3.08. The zero-order valence-corrected chi connectivity index (χ0v) is 9.37. The summed E-state index contributed by atoms with van der Waals surface area (Å²) in [6, 6.07) is 4.62. The van der Waals surface area contributed by atoms with Gasteiger partial charge in [-0.05, 0) is 42.0 Å². The van der Waals surface area contributed by atoms with Gasteiger partial charge in [-0.1, -0.05) is 12.1 Å². The van der Waals surface area contributed by atoms with Gasteiger partial charge in [-0.15, -0.1) is 0 Å². The molecule has 0 atom stereocenters. The summed E-state index contributed by atoms with van der Waals surface area (Å²) in [5.41, 5.74) is 0.431. The van der Waals surface area contributed by atoms with Crippen LogP contribution in [-0.2, 0) is 11.0 Å². The lowest BCUT2D eigenvalue weighted by Gasteiger charge is -2.09. The first kappa shape index (κ1) is 12.7. The van der Waals surface area contributed by atoms with Crippen LogP contribution in [0, 0.1) is 5.92 Å². The molecular weight excluding hydrogens is 245 g/mol. The molecule has 2 nitrogen and oxygen atoms in total. The first-order chi connectivity index (χ1) is 8.38. The highest BCUT2D eigenvalue weighted by molar-refractivity contribution is 5.91. The Morgan fingerprint density at radius 2 is 1.78 bits per heavy atom. The van der Waals surface area contributed by atoms with E-state index in [1.807, 2.05) is 0 Å². The summed E-state index contributed by atoms with van der Waals surface area (Å²) in [7, 11) is 0. The summed E-state index contributed by atoms with van der Waals surface area (Å²) >= 11 is 0. The fraction of sp³-hybridized carbons (Fsp3) is 0.308. The predicted molar refractivity (Wildman–Crippen MR) is 59.8 cm³/mol. The third kappa shape index (κ3) is 2.91. The number of hydrogen-bond acceptors (Lipinski definition) is 1. The number of carboxylic acids is 1. The van der Waals surface area contributed by atoms with E-state index in [1.54, 1.807) is 0 Å². The first-order valence-electron chi connectivity index (χ1n) is 5.50. The van der Waals surface area contributed by atoms with E-state index in [0.717, 1.165) is 31.1 Å². The van der Waals surface area contributed by atoms with E-state index in [9.17, 15) is 18.0 Å². The lowest BCUT2D eigenvalue weighted by atomic mass is 9.99. The van der Waals surface area contributed by atoms with Crippen LogP contribution >= 0.6 is 0 Å². The molecule has 1 N–H and O–H groups in total. The molecule has 0 aliphatic heterocycles. The Labute approximate surface area is 102 Å². The Balaban J connectivity index is 2.30. The van der Waals surface area contributed by atoms with Crippen molar-refractivity contribution in [3.8, 4) is 0 Å². The third-order valence-corrected chi connectivity index (χ3v) is 2.84. The number of allylic oxidation sites excluding steroid dienone is 1. The van der Waals surface area contributed by atoms with E-state index in [0.29, 0.717) is 11.1 Å². The summed E-state index contributed by atoms with van der Waals surface area (Å²) in [5, 5.41) is 8.75. The van der Waals surface area contributed by atoms with Crippen molar-refractivity contribution in [1.82, 2.24) is 0 Å². The van der Waals surface area contributed by atoms with Gasteiger partial charge < -0.3 is 5.11 Å². The highest BCUT2D eigenvalue weighted by Crippen LogP contribution is 2.42. The van der Waals surface area contributed by atoms with Crippen LogP contribution < -0.4 is 0 Å². The molecule has 0 radical (unpaired) electrons. The molecule has 2 rings (SSSR count). The Bertz CT molecular complexity index is 482. The largest absolute Gasteiger partial charge is 0.478 e. The fourth-order valence-electron chi connectivity index (χ4n) is 1.82. The van der Waals surface area contributed by atoms with Gasteiger partial charge in [-0.2, -0.15) is 13.2 Å². The Morgan fingerprint density at radius 1 is 1.22 bits per heavy atom. The van der Waals surface area contributed by atoms with Gasteiger partial charge >= 0.3 is 12.1 Å². The van der Waals surface area contributed by atoms with Crippen molar-refractivity contribution in [2.45, 2.75) is 19.0 Å². The van der Waals surface area contributed by atoms with Crippen molar-refractivity contribution in [1.29, 1.82) is 0 Å². The van der Waals surface area contributed by atoms with Crippen LogP contribution in [0.25, 0.3) is 5.57 Å². The number of hydrogen-bond donors (Lipinski definition) is 1. The molecule has 0 amide bonds. The standard InChI is InChI=1S/C13H11F3O2/c14-13(15,16)10-5-3-9(4-6-10)11(7-12(17)18)8-1-2-8/h3-8H,1-2H2,(H,17,18)/b11-7+. The zero-order chi connectivity index (χ0) is 13.3. The Kier molecular flexibility index (Phi) is 3.15. The number of carbonyl (C=O) groups is 1. The Morgan fingerprint density at radius 3 is 2.17 bits per heavy atom. The molecule has 0 unspecified atom stereocenters. The summed E-state index contributed by atoms with van der Waals surface area (Å²) in [5.74, 6) is -0.908. The molecule has 0 saturated heterocycles. The molecular formula is C13H11F3O2. The van der Waals surface area contributed by atoms with Crippen molar-refractivity contribution >= 4 is 11.5 Å². The fourth-order valence-corrected chi connectivity index (χ4v) is 1.82. The molecule has 5 heteroatoms. The van der Waals surface area contributed by atoms with Crippen LogP contribution in [0.2, 0.25) is 0 Å². The molecule has 96 valence electrons. The van der Waals surface area contributed by atoms with E-state index >= 15 is 0 Å². The monoisotopic (exact) mass is 256 g/mol. The van der Waals surface area contributed by atoms with Gasteiger partial charge in [0.25, 0.3) is 0 Å². The minimum Gasteiger partial charge on any atom is -0.478 e. The molecule has 1 aromatic carbocycles. The summed E-state index contributed by atoms with van der Waals surface area (Å²) < 4.78 is 37.2. The lowest BCUT2D eigenvalue weighted by molar-refractivity contribution is -0.137. The summed E-state index contributed by atoms with van der Waals surface area (Å²) in [4.78, 5) is 10.7. The van der Waals surface area contributed by atoms with Crippen LogP contribution in [0.3, 0.4) is 0 Å². The number of benzene rings is 1.